The molecule has 0 bridgehead atoms. The summed E-state index contributed by atoms with van der Waals surface area (Å²) in [5.74, 6) is 0.674. The lowest BCUT2D eigenvalue weighted by Crippen LogP contribution is -2.55. The number of piperazine rings is 1. The van der Waals surface area contributed by atoms with Gasteiger partial charge in [0, 0.05) is 31.2 Å². The normalized spacial score (nSPS) is 17.5. The van der Waals surface area contributed by atoms with Crippen molar-refractivity contribution >= 4 is 17.5 Å². The van der Waals surface area contributed by atoms with E-state index < -0.39 is 5.60 Å². The monoisotopic (exact) mass is 556 g/mol. The second kappa shape index (κ2) is 13.6. The third-order valence-electron chi connectivity index (χ3n) is 7.16. The van der Waals surface area contributed by atoms with Crippen LogP contribution in [0, 0.1) is 5.82 Å². The predicted molar refractivity (Wildman–Crippen MR) is 163 cm³/mol. The Bertz CT molecular complexity index is 1400. The van der Waals surface area contributed by atoms with E-state index in [2.05, 4.69) is 29.7 Å². The number of aryl methyl sites for hydroxylation is 2. The molecule has 0 radical (unpaired) electrons. The highest BCUT2D eigenvalue weighted by atomic mass is 19.1. The topological polar surface area (TPSA) is 58.6 Å². The number of amides is 1. The molecule has 6 nitrogen and oxygen atoms in total. The van der Waals surface area contributed by atoms with Crippen molar-refractivity contribution in [2.45, 2.75) is 71.9 Å². The van der Waals surface area contributed by atoms with E-state index in [-0.39, 0.29) is 18.0 Å². The van der Waals surface area contributed by atoms with Crippen molar-refractivity contribution < 1.29 is 13.9 Å². The number of hydrogen-bond donors (Lipinski definition) is 0. The Morgan fingerprint density at radius 2 is 1.98 bits per heavy atom. The van der Waals surface area contributed by atoms with Crippen molar-refractivity contribution in [3.8, 4) is 0 Å². The van der Waals surface area contributed by atoms with Gasteiger partial charge in [-0.15, -0.1) is 5.73 Å². The fourth-order valence-electron chi connectivity index (χ4n) is 5.25. The van der Waals surface area contributed by atoms with Crippen LogP contribution in [0.15, 0.2) is 78.4 Å². The van der Waals surface area contributed by atoms with Gasteiger partial charge in [-0.25, -0.2) is 19.2 Å². The number of rotatable bonds is 8. The molecule has 1 aromatic carbocycles. The highest BCUT2D eigenvalue weighted by Gasteiger charge is 2.32. The summed E-state index contributed by atoms with van der Waals surface area (Å²) >= 11 is 0. The molecule has 2 aliphatic rings. The van der Waals surface area contributed by atoms with Crippen molar-refractivity contribution in [1.82, 2.24) is 14.9 Å². The van der Waals surface area contributed by atoms with Crippen molar-refractivity contribution in [3.63, 3.8) is 0 Å². The molecule has 4 rings (SSSR count). The number of carbonyl (C=O) groups is 1. The molecule has 41 heavy (non-hydrogen) atoms. The lowest BCUT2D eigenvalue weighted by atomic mass is 9.93. The van der Waals surface area contributed by atoms with Crippen LogP contribution in [0.1, 0.15) is 64.3 Å². The molecule has 7 heteroatoms. The van der Waals surface area contributed by atoms with Gasteiger partial charge in [-0.2, -0.15) is 0 Å². The number of aromatic nitrogens is 2. The first-order valence-corrected chi connectivity index (χ1v) is 14.5. The van der Waals surface area contributed by atoms with Gasteiger partial charge >= 0.3 is 6.09 Å². The number of unbranched alkanes of at least 4 members (excludes halogenated alkanes) is 1. The minimum absolute atomic E-state index is 0.0299. The van der Waals surface area contributed by atoms with Gasteiger partial charge in [-0.3, -0.25) is 0 Å². The minimum atomic E-state index is -0.537. The summed E-state index contributed by atoms with van der Waals surface area (Å²) in [4.78, 5) is 26.5. The Labute approximate surface area is 243 Å². The average molecular weight is 557 g/mol. The molecule has 2 heterocycles. The van der Waals surface area contributed by atoms with E-state index in [4.69, 9.17) is 14.7 Å². The first kappa shape index (κ1) is 30.0. The summed E-state index contributed by atoms with van der Waals surface area (Å²) in [6, 6.07) is 6.85. The number of allylic oxidation sites excluding steroid dienone is 7. The van der Waals surface area contributed by atoms with Gasteiger partial charge in [-0.05, 0) is 101 Å². The van der Waals surface area contributed by atoms with Crippen molar-refractivity contribution in [2.24, 2.45) is 0 Å². The van der Waals surface area contributed by atoms with Crippen molar-refractivity contribution in [1.29, 1.82) is 0 Å². The quantitative estimate of drug-likeness (QED) is 0.253. The summed E-state index contributed by atoms with van der Waals surface area (Å²) in [6.45, 7) is 11.5. The van der Waals surface area contributed by atoms with Crippen molar-refractivity contribution in [3.05, 3.63) is 101 Å². The molecule has 216 valence electrons. The lowest BCUT2D eigenvalue weighted by molar-refractivity contribution is 0.0218. The largest absolute Gasteiger partial charge is 0.444 e. The van der Waals surface area contributed by atoms with Crippen LogP contribution < -0.4 is 4.90 Å². The Balaban J connectivity index is 1.61. The maximum absolute atomic E-state index is 13.6. The third kappa shape index (κ3) is 8.05. The van der Waals surface area contributed by atoms with Gasteiger partial charge in [0.25, 0.3) is 0 Å². The zero-order valence-electron chi connectivity index (χ0n) is 24.9. The third-order valence-corrected chi connectivity index (χ3v) is 7.16. The zero-order valence-corrected chi connectivity index (χ0v) is 24.9. The molecule has 1 aliphatic heterocycles. The van der Waals surface area contributed by atoms with Crippen LogP contribution in [-0.2, 0) is 17.6 Å². The molecule has 0 spiro atoms. The fourth-order valence-corrected chi connectivity index (χ4v) is 5.25. The fraction of sp³-hybridized carbons (Fsp3) is 0.412. The van der Waals surface area contributed by atoms with Crippen LogP contribution in [0.2, 0.25) is 0 Å². The number of hydrogen-bond acceptors (Lipinski definition) is 5. The van der Waals surface area contributed by atoms with Gasteiger partial charge in [-0.1, -0.05) is 36.4 Å². The Morgan fingerprint density at radius 1 is 1.17 bits per heavy atom. The molecule has 1 saturated heterocycles. The van der Waals surface area contributed by atoms with Crippen LogP contribution >= 0.6 is 0 Å². The second-order valence-corrected chi connectivity index (χ2v) is 11.5. The summed E-state index contributed by atoms with van der Waals surface area (Å²) in [6.07, 6.45) is 16.8. The van der Waals surface area contributed by atoms with E-state index in [1.807, 2.05) is 58.1 Å². The highest BCUT2D eigenvalue weighted by Crippen LogP contribution is 2.35. The predicted octanol–water partition coefficient (Wildman–Crippen LogP) is 7.24. The molecular formula is C34H41FN4O2. The number of benzene rings is 1. The van der Waals surface area contributed by atoms with Gasteiger partial charge in [0.05, 0.1) is 5.69 Å². The maximum atomic E-state index is 13.6. The van der Waals surface area contributed by atoms with E-state index in [0.717, 1.165) is 59.5 Å². The second-order valence-electron chi connectivity index (χ2n) is 11.5. The van der Waals surface area contributed by atoms with Crippen LogP contribution in [0.3, 0.4) is 0 Å². The standard InChI is InChI=1S/C34H41FN4O2/c1-6-29(27-16-9-7-8-10-17-27)31-30(19-12-11-14-26-15-13-18-28(35)22-26)36-24-37-32(31)39-21-20-38(23-25(39)2)33(40)41-34(3,4)5/h6-9,13,15-18,22,24-25H,11-12,14,19-21,23H2,1-5H3/b29-6-/t25-/m0/s1. The first-order chi connectivity index (χ1) is 19.7. The van der Waals surface area contributed by atoms with Gasteiger partial charge in [0.2, 0.25) is 0 Å². The smallest absolute Gasteiger partial charge is 0.410 e. The van der Waals surface area contributed by atoms with Gasteiger partial charge in [0.15, 0.2) is 0 Å². The molecular weight excluding hydrogens is 515 g/mol. The van der Waals surface area contributed by atoms with E-state index in [1.165, 1.54) is 6.07 Å². The molecule has 0 unspecified atom stereocenters. The van der Waals surface area contributed by atoms with Crippen LogP contribution in [0.4, 0.5) is 15.0 Å². The summed E-state index contributed by atoms with van der Waals surface area (Å²) in [5, 5.41) is 0. The van der Waals surface area contributed by atoms with Gasteiger partial charge in [0.1, 0.15) is 23.6 Å². The van der Waals surface area contributed by atoms with Crippen LogP contribution in [0.5, 0.6) is 0 Å². The molecule has 0 saturated carbocycles. The number of halogens is 1. The molecule has 0 N–H and O–H groups in total. The Hall–Kier alpha value is -3.96. The zero-order chi connectivity index (χ0) is 29.4. The lowest BCUT2D eigenvalue weighted by Gasteiger charge is -2.41. The van der Waals surface area contributed by atoms with Gasteiger partial charge < -0.3 is 14.5 Å². The number of carbonyl (C=O) groups excluding carboxylic acids is 1. The molecule has 1 aliphatic carbocycles. The van der Waals surface area contributed by atoms with Crippen molar-refractivity contribution in [2.75, 3.05) is 24.5 Å². The maximum Gasteiger partial charge on any atom is 0.410 e. The molecule has 2 aromatic rings. The van der Waals surface area contributed by atoms with E-state index in [1.54, 1.807) is 23.4 Å². The number of ether oxygens (including phenoxy) is 1. The molecule has 1 fully saturated rings. The van der Waals surface area contributed by atoms with E-state index >= 15 is 0 Å². The number of nitrogens with zero attached hydrogens (tertiary/aromatic N) is 4. The Kier molecular flexibility index (Phi) is 9.95. The van der Waals surface area contributed by atoms with E-state index in [9.17, 15) is 9.18 Å². The summed E-state index contributed by atoms with van der Waals surface area (Å²) in [5.41, 5.74) is 7.78. The molecule has 1 amide bonds. The summed E-state index contributed by atoms with van der Waals surface area (Å²) < 4.78 is 19.3. The highest BCUT2D eigenvalue weighted by molar-refractivity contribution is 5.88. The SMILES string of the molecule is C/C=C(/C1=CC=CC=C=C1)c1c(CCCCc2cccc(F)c2)ncnc1N1CCN(C(=O)OC(C)(C)C)C[C@@H]1C. The molecule has 1 aromatic heterocycles. The van der Waals surface area contributed by atoms with Crippen LogP contribution in [-0.4, -0.2) is 52.2 Å². The van der Waals surface area contributed by atoms with E-state index in [0.29, 0.717) is 19.6 Å². The van der Waals surface area contributed by atoms with Crippen LogP contribution in [0.25, 0.3) is 5.57 Å². The average Bonchev–Trinajstić information content (AvgIpc) is 3.21. The Morgan fingerprint density at radius 3 is 2.71 bits per heavy atom. The number of anilines is 1. The minimum Gasteiger partial charge on any atom is -0.444 e. The first-order valence-electron chi connectivity index (χ1n) is 14.5. The summed E-state index contributed by atoms with van der Waals surface area (Å²) in [7, 11) is 0. The molecule has 1 atom stereocenters.